The Morgan fingerprint density at radius 1 is 1.42 bits per heavy atom. The molecule has 4 rings (SSSR count). The van der Waals surface area contributed by atoms with Crippen LogP contribution >= 0.6 is 24.0 Å². The van der Waals surface area contributed by atoms with Gasteiger partial charge in [0.25, 0.3) is 11.5 Å². The second kappa shape index (κ2) is 9.10. The molecule has 0 radical (unpaired) electrons. The first kappa shape index (κ1) is 22.0. The maximum Gasteiger partial charge on any atom is 0.267 e. The highest BCUT2D eigenvalue weighted by atomic mass is 32.2. The number of hydrogen-bond donors (Lipinski definition) is 1. The number of ether oxygens (including phenoxy) is 1. The van der Waals surface area contributed by atoms with Crippen LogP contribution in [-0.4, -0.2) is 50.3 Å². The number of pyridine rings is 1. The summed E-state index contributed by atoms with van der Waals surface area (Å²) >= 11 is 6.64. The summed E-state index contributed by atoms with van der Waals surface area (Å²) in [6.07, 6.45) is 5.42. The molecule has 2 aliphatic rings. The third kappa shape index (κ3) is 4.53. The normalized spacial score (nSPS) is 20.6. The number of anilines is 1. The van der Waals surface area contributed by atoms with Gasteiger partial charge >= 0.3 is 0 Å². The summed E-state index contributed by atoms with van der Waals surface area (Å²) in [6.45, 7) is 7.87. The SMILES string of the molecule is Cc1cccn2c(=O)c(/C=C3\SC(=S)N(CC(C)C)C3=O)c(NC[C@H]3CCCO3)nc12. The van der Waals surface area contributed by atoms with Crippen LogP contribution < -0.4 is 10.9 Å². The van der Waals surface area contributed by atoms with Crippen LogP contribution in [0, 0.1) is 12.8 Å². The van der Waals surface area contributed by atoms with E-state index >= 15 is 0 Å². The molecule has 7 nitrogen and oxygen atoms in total. The maximum absolute atomic E-state index is 13.4. The highest BCUT2D eigenvalue weighted by Crippen LogP contribution is 2.33. The molecule has 164 valence electrons. The number of nitrogens with one attached hydrogen (secondary N) is 1. The quantitative estimate of drug-likeness (QED) is 0.525. The van der Waals surface area contributed by atoms with E-state index < -0.39 is 0 Å². The van der Waals surface area contributed by atoms with E-state index in [1.165, 1.54) is 16.2 Å². The third-order valence-electron chi connectivity index (χ3n) is 5.30. The summed E-state index contributed by atoms with van der Waals surface area (Å²) in [5, 5.41) is 3.30. The van der Waals surface area contributed by atoms with Gasteiger partial charge in [-0.15, -0.1) is 0 Å². The van der Waals surface area contributed by atoms with Crippen molar-refractivity contribution in [2.75, 3.05) is 25.0 Å². The molecular formula is C22H26N4O3S2. The monoisotopic (exact) mass is 458 g/mol. The zero-order chi connectivity index (χ0) is 22.1. The van der Waals surface area contributed by atoms with Gasteiger partial charge in [0.2, 0.25) is 0 Å². The molecule has 0 unspecified atom stereocenters. The molecule has 2 aromatic rings. The Labute approximate surface area is 190 Å². The zero-order valence-electron chi connectivity index (χ0n) is 17.9. The van der Waals surface area contributed by atoms with Crippen molar-refractivity contribution in [1.82, 2.24) is 14.3 Å². The number of nitrogens with zero attached hydrogens (tertiary/aromatic N) is 3. The fourth-order valence-electron chi connectivity index (χ4n) is 3.75. The van der Waals surface area contributed by atoms with Crippen molar-refractivity contribution in [3.63, 3.8) is 0 Å². The maximum atomic E-state index is 13.4. The summed E-state index contributed by atoms with van der Waals surface area (Å²) in [5.41, 5.74) is 1.62. The van der Waals surface area contributed by atoms with Gasteiger partial charge in [0.05, 0.1) is 16.6 Å². The van der Waals surface area contributed by atoms with Gasteiger partial charge in [0.1, 0.15) is 15.8 Å². The molecule has 2 fully saturated rings. The van der Waals surface area contributed by atoms with E-state index in [4.69, 9.17) is 21.9 Å². The molecule has 1 atom stereocenters. The average molecular weight is 459 g/mol. The van der Waals surface area contributed by atoms with E-state index in [2.05, 4.69) is 5.32 Å². The van der Waals surface area contributed by atoms with E-state index in [9.17, 15) is 9.59 Å². The first-order valence-electron chi connectivity index (χ1n) is 10.5. The molecule has 0 spiro atoms. The standard InChI is InChI=1S/C22H26N4O3S2/c1-13(2)12-26-21(28)17(31-22(26)30)10-16-18(23-11-15-7-5-9-29-15)24-19-14(3)6-4-8-25(19)20(16)27/h4,6,8,10,13,15,23H,5,7,9,11-12H2,1-3H3/b17-10-/t15-/m1/s1. The highest BCUT2D eigenvalue weighted by Gasteiger charge is 2.33. The smallest absolute Gasteiger partial charge is 0.267 e. The number of aromatic nitrogens is 2. The summed E-state index contributed by atoms with van der Waals surface area (Å²) < 4.78 is 7.74. The van der Waals surface area contributed by atoms with Gasteiger partial charge in [-0.05, 0) is 43.4 Å². The molecule has 1 amide bonds. The van der Waals surface area contributed by atoms with Crippen molar-refractivity contribution in [3.05, 3.63) is 44.7 Å². The first-order chi connectivity index (χ1) is 14.8. The van der Waals surface area contributed by atoms with E-state index in [1.54, 1.807) is 17.2 Å². The summed E-state index contributed by atoms with van der Waals surface area (Å²) in [4.78, 5) is 33.1. The zero-order valence-corrected chi connectivity index (χ0v) is 19.5. The van der Waals surface area contributed by atoms with Crippen LogP contribution in [0.15, 0.2) is 28.0 Å². The molecule has 9 heteroatoms. The minimum Gasteiger partial charge on any atom is -0.376 e. The number of carbonyl (C=O) groups excluding carboxylic acids is 1. The Morgan fingerprint density at radius 3 is 2.94 bits per heavy atom. The van der Waals surface area contributed by atoms with Crippen LogP contribution in [0.2, 0.25) is 0 Å². The van der Waals surface area contributed by atoms with Gasteiger partial charge in [0.15, 0.2) is 0 Å². The molecule has 2 aliphatic heterocycles. The lowest BCUT2D eigenvalue weighted by atomic mass is 10.2. The van der Waals surface area contributed by atoms with Crippen molar-refractivity contribution in [1.29, 1.82) is 0 Å². The Kier molecular flexibility index (Phi) is 6.45. The molecule has 0 aromatic carbocycles. The van der Waals surface area contributed by atoms with Crippen molar-refractivity contribution >= 4 is 51.7 Å². The van der Waals surface area contributed by atoms with Crippen LogP contribution in [-0.2, 0) is 9.53 Å². The van der Waals surface area contributed by atoms with Crippen LogP contribution in [0.3, 0.4) is 0 Å². The number of rotatable bonds is 6. The lowest BCUT2D eigenvalue weighted by Crippen LogP contribution is -2.31. The van der Waals surface area contributed by atoms with E-state index in [-0.39, 0.29) is 17.6 Å². The van der Waals surface area contributed by atoms with Gasteiger partial charge in [-0.2, -0.15) is 0 Å². The van der Waals surface area contributed by atoms with Gasteiger partial charge < -0.3 is 10.1 Å². The number of hydrogen-bond acceptors (Lipinski definition) is 7. The van der Waals surface area contributed by atoms with Crippen LogP contribution in [0.4, 0.5) is 5.82 Å². The number of fused-ring (bicyclic) bond motifs is 1. The number of thiocarbonyl (C=S) groups is 1. The first-order valence-corrected chi connectivity index (χ1v) is 11.7. The molecule has 0 saturated carbocycles. The minimum absolute atomic E-state index is 0.0919. The van der Waals surface area contributed by atoms with Crippen molar-refractivity contribution in [3.8, 4) is 0 Å². The fraction of sp³-hybridized carbons (Fsp3) is 0.455. The molecule has 4 heterocycles. The molecule has 31 heavy (non-hydrogen) atoms. The Bertz CT molecular complexity index is 1120. The minimum atomic E-state index is -0.224. The topological polar surface area (TPSA) is 75.9 Å². The third-order valence-corrected chi connectivity index (χ3v) is 6.68. The fourth-order valence-corrected chi connectivity index (χ4v) is 5.00. The largest absolute Gasteiger partial charge is 0.376 e. The number of thioether (sulfide) groups is 1. The second-order valence-corrected chi connectivity index (χ2v) is 9.94. The number of amides is 1. The van der Waals surface area contributed by atoms with Gasteiger partial charge in [-0.1, -0.05) is 43.9 Å². The molecule has 0 bridgehead atoms. The average Bonchev–Trinajstić information content (AvgIpc) is 3.33. The predicted octanol–water partition coefficient (Wildman–Crippen LogP) is 3.45. The lowest BCUT2D eigenvalue weighted by molar-refractivity contribution is -0.122. The van der Waals surface area contributed by atoms with Gasteiger partial charge in [0, 0.05) is 25.9 Å². The van der Waals surface area contributed by atoms with E-state index in [0.717, 1.165) is 25.0 Å². The van der Waals surface area contributed by atoms with Gasteiger partial charge in [-0.3, -0.25) is 18.9 Å². The summed E-state index contributed by atoms with van der Waals surface area (Å²) in [7, 11) is 0. The van der Waals surface area contributed by atoms with E-state index in [1.807, 2.05) is 32.9 Å². The summed E-state index contributed by atoms with van der Waals surface area (Å²) in [5.74, 6) is 0.591. The second-order valence-electron chi connectivity index (χ2n) is 8.27. The Morgan fingerprint density at radius 2 is 2.23 bits per heavy atom. The Hall–Kier alpha value is -2.23. The molecule has 2 saturated heterocycles. The highest BCUT2D eigenvalue weighted by molar-refractivity contribution is 8.26. The molecule has 1 N–H and O–H groups in total. The predicted molar refractivity (Wildman–Crippen MR) is 128 cm³/mol. The Balaban J connectivity index is 1.76. The lowest BCUT2D eigenvalue weighted by Gasteiger charge is -2.16. The van der Waals surface area contributed by atoms with Crippen LogP contribution in [0.1, 0.15) is 37.8 Å². The van der Waals surface area contributed by atoms with Crippen molar-refractivity contribution < 1.29 is 9.53 Å². The number of carbonyl (C=O) groups is 1. The van der Waals surface area contributed by atoms with E-state index in [0.29, 0.717) is 45.3 Å². The van der Waals surface area contributed by atoms with Crippen molar-refractivity contribution in [2.24, 2.45) is 5.92 Å². The molecule has 2 aromatic heterocycles. The van der Waals surface area contributed by atoms with Crippen LogP contribution in [0.25, 0.3) is 11.7 Å². The van der Waals surface area contributed by atoms with Crippen molar-refractivity contribution in [2.45, 2.75) is 39.7 Å². The van der Waals surface area contributed by atoms with Crippen LogP contribution in [0.5, 0.6) is 0 Å². The van der Waals surface area contributed by atoms with Gasteiger partial charge in [-0.25, -0.2) is 4.98 Å². The molecular weight excluding hydrogens is 432 g/mol. The summed E-state index contributed by atoms with van der Waals surface area (Å²) in [6, 6.07) is 3.74. The number of aryl methyl sites for hydroxylation is 1. The molecule has 0 aliphatic carbocycles.